The summed E-state index contributed by atoms with van der Waals surface area (Å²) in [5.74, 6) is 0.201. The fraction of sp³-hybridized carbons (Fsp3) is 0.364. The van der Waals surface area contributed by atoms with E-state index in [0.29, 0.717) is 18.8 Å². The van der Waals surface area contributed by atoms with Crippen LogP contribution in [0.15, 0.2) is 42.6 Å². The fourth-order valence-corrected chi connectivity index (χ4v) is 3.80. The first-order valence-electron chi connectivity index (χ1n) is 10.2. The van der Waals surface area contributed by atoms with E-state index >= 15 is 0 Å². The van der Waals surface area contributed by atoms with Crippen molar-refractivity contribution < 1.29 is 14.5 Å². The van der Waals surface area contributed by atoms with E-state index in [2.05, 4.69) is 39.5 Å². The Labute approximate surface area is 180 Å². The third-order valence-corrected chi connectivity index (χ3v) is 5.57. The number of amides is 1. The van der Waals surface area contributed by atoms with Gasteiger partial charge < -0.3 is 14.0 Å². The number of pyridine rings is 1. The lowest BCUT2D eigenvalue weighted by atomic mass is 10.2. The predicted molar refractivity (Wildman–Crippen MR) is 115 cm³/mol. The standard InChI is InChI=1S/C22H25N5O4/c1-16-6-7-26-20(17(2)23-21(26)12-16)14-24-8-10-25(11-9-24)22(28)15-31-19-5-3-4-18(13-19)27(29)30/h3-7,12-13H,8-11,14-15H2,1-2H3. The number of carbonyl (C=O) groups excluding carboxylic acids is 1. The molecule has 0 radical (unpaired) electrons. The van der Waals surface area contributed by atoms with Gasteiger partial charge in [0.2, 0.25) is 0 Å². The van der Waals surface area contributed by atoms with E-state index in [1.165, 1.54) is 23.4 Å². The fourth-order valence-electron chi connectivity index (χ4n) is 3.80. The molecule has 31 heavy (non-hydrogen) atoms. The molecule has 4 rings (SSSR count). The summed E-state index contributed by atoms with van der Waals surface area (Å²) >= 11 is 0. The number of hydrogen-bond donors (Lipinski definition) is 0. The monoisotopic (exact) mass is 423 g/mol. The molecule has 1 aliphatic rings. The van der Waals surface area contributed by atoms with E-state index < -0.39 is 4.92 Å². The van der Waals surface area contributed by atoms with Crippen molar-refractivity contribution in [2.24, 2.45) is 0 Å². The zero-order valence-electron chi connectivity index (χ0n) is 17.7. The maximum atomic E-state index is 12.5. The molecule has 162 valence electrons. The van der Waals surface area contributed by atoms with E-state index in [-0.39, 0.29) is 18.2 Å². The summed E-state index contributed by atoms with van der Waals surface area (Å²) in [4.78, 5) is 31.6. The van der Waals surface area contributed by atoms with Crippen LogP contribution in [0.4, 0.5) is 5.69 Å². The van der Waals surface area contributed by atoms with E-state index in [0.717, 1.165) is 31.0 Å². The van der Waals surface area contributed by atoms with Crippen LogP contribution in [0.1, 0.15) is 17.0 Å². The lowest BCUT2D eigenvalue weighted by Crippen LogP contribution is -2.49. The number of benzene rings is 1. The Morgan fingerprint density at radius 2 is 1.94 bits per heavy atom. The molecule has 3 heterocycles. The summed E-state index contributed by atoms with van der Waals surface area (Å²) in [5.41, 5.74) is 4.28. The summed E-state index contributed by atoms with van der Waals surface area (Å²) in [5, 5.41) is 10.9. The molecular formula is C22H25N5O4. The van der Waals surface area contributed by atoms with Crippen LogP contribution in [0.2, 0.25) is 0 Å². The minimum absolute atomic E-state index is 0.0589. The normalized spacial score (nSPS) is 14.7. The predicted octanol–water partition coefficient (Wildman–Crippen LogP) is 2.58. The SMILES string of the molecule is Cc1ccn2c(CN3CCN(C(=O)COc4cccc([N+](=O)[O-])c4)CC3)c(C)nc2c1. The second-order valence-corrected chi connectivity index (χ2v) is 7.78. The largest absolute Gasteiger partial charge is 0.484 e. The van der Waals surface area contributed by atoms with Crippen molar-refractivity contribution in [3.05, 3.63) is 69.7 Å². The molecule has 0 spiro atoms. The number of rotatable bonds is 6. The highest BCUT2D eigenvalue weighted by Crippen LogP contribution is 2.20. The number of hydrogen-bond acceptors (Lipinski definition) is 6. The van der Waals surface area contributed by atoms with Gasteiger partial charge in [0.15, 0.2) is 6.61 Å². The molecule has 0 bridgehead atoms. The topological polar surface area (TPSA) is 93.2 Å². The molecule has 9 heteroatoms. The van der Waals surface area contributed by atoms with Gasteiger partial charge in [0.1, 0.15) is 11.4 Å². The third kappa shape index (κ3) is 4.66. The van der Waals surface area contributed by atoms with Crippen LogP contribution in [-0.4, -0.2) is 62.8 Å². The lowest BCUT2D eigenvalue weighted by molar-refractivity contribution is -0.384. The summed E-state index contributed by atoms with van der Waals surface area (Å²) in [6, 6.07) is 10.0. The molecule has 1 amide bonds. The van der Waals surface area contributed by atoms with Crippen molar-refractivity contribution in [2.75, 3.05) is 32.8 Å². The summed E-state index contributed by atoms with van der Waals surface area (Å²) in [6.45, 7) is 7.50. The number of fused-ring (bicyclic) bond motifs is 1. The van der Waals surface area contributed by atoms with Crippen LogP contribution in [0.5, 0.6) is 5.75 Å². The first-order chi connectivity index (χ1) is 14.9. The van der Waals surface area contributed by atoms with Crippen molar-refractivity contribution in [1.29, 1.82) is 0 Å². The summed E-state index contributed by atoms with van der Waals surface area (Å²) < 4.78 is 7.61. The van der Waals surface area contributed by atoms with Crippen LogP contribution in [0.25, 0.3) is 5.65 Å². The van der Waals surface area contributed by atoms with Crippen molar-refractivity contribution in [3.8, 4) is 5.75 Å². The Morgan fingerprint density at radius 3 is 2.68 bits per heavy atom. The van der Waals surface area contributed by atoms with Gasteiger partial charge in [-0.3, -0.25) is 19.8 Å². The van der Waals surface area contributed by atoms with Crippen LogP contribution >= 0.6 is 0 Å². The lowest BCUT2D eigenvalue weighted by Gasteiger charge is -2.34. The number of nitro groups is 1. The number of nitrogens with zero attached hydrogens (tertiary/aromatic N) is 5. The van der Waals surface area contributed by atoms with Crippen LogP contribution < -0.4 is 4.74 Å². The minimum Gasteiger partial charge on any atom is -0.484 e. The molecule has 1 saturated heterocycles. The third-order valence-electron chi connectivity index (χ3n) is 5.57. The average molecular weight is 423 g/mol. The average Bonchev–Trinajstić information content (AvgIpc) is 3.06. The first kappa shape index (κ1) is 20.8. The number of imidazole rings is 1. The second kappa shape index (κ2) is 8.73. The smallest absolute Gasteiger partial charge is 0.273 e. The number of aryl methyl sites for hydroxylation is 2. The molecule has 1 aromatic carbocycles. The van der Waals surface area contributed by atoms with E-state index in [4.69, 9.17) is 4.74 Å². The Morgan fingerprint density at radius 1 is 1.16 bits per heavy atom. The van der Waals surface area contributed by atoms with Crippen LogP contribution in [0, 0.1) is 24.0 Å². The summed E-state index contributed by atoms with van der Waals surface area (Å²) in [6.07, 6.45) is 2.06. The van der Waals surface area contributed by atoms with Crippen molar-refractivity contribution >= 4 is 17.2 Å². The Bertz CT molecular complexity index is 1120. The molecule has 2 aromatic heterocycles. The van der Waals surface area contributed by atoms with Gasteiger partial charge in [-0.25, -0.2) is 4.98 Å². The number of non-ortho nitro benzene ring substituents is 1. The highest BCUT2D eigenvalue weighted by molar-refractivity contribution is 5.78. The number of aromatic nitrogens is 2. The molecule has 3 aromatic rings. The van der Waals surface area contributed by atoms with Gasteiger partial charge in [-0.1, -0.05) is 6.07 Å². The second-order valence-electron chi connectivity index (χ2n) is 7.78. The molecule has 0 atom stereocenters. The molecule has 0 saturated carbocycles. The maximum absolute atomic E-state index is 12.5. The van der Waals surface area contributed by atoms with Crippen LogP contribution in [-0.2, 0) is 11.3 Å². The first-order valence-corrected chi connectivity index (χ1v) is 10.2. The number of nitro benzene ring substituents is 1. The quantitative estimate of drug-likeness (QED) is 0.447. The minimum atomic E-state index is -0.486. The van der Waals surface area contributed by atoms with E-state index in [1.54, 1.807) is 17.0 Å². The van der Waals surface area contributed by atoms with Gasteiger partial charge >= 0.3 is 0 Å². The summed E-state index contributed by atoms with van der Waals surface area (Å²) in [7, 11) is 0. The van der Waals surface area contributed by atoms with Gasteiger partial charge in [0, 0.05) is 45.0 Å². The zero-order chi connectivity index (χ0) is 22.0. The Hall–Kier alpha value is -3.46. The van der Waals surface area contributed by atoms with Crippen molar-refractivity contribution in [2.45, 2.75) is 20.4 Å². The zero-order valence-corrected chi connectivity index (χ0v) is 17.7. The molecule has 0 aliphatic carbocycles. The van der Waals surface area contributed by atoms with Crippen molar-refractivity contribution in [1.82, 2.24) is 19.2 Å². The number of carbonyl (C=O) groups is 1. The molecule has 9 nitrogen and oxygen atoms in total. The molecule has 0 unspecified atom stereocenters. The van der Waals surface area contributed by atoms with Gasteiger partial charge in [-0.2, -0.15) is 0 Å². The highest BCUT2D eigenvalue weighted by Gasteiger charge is 2.23. The van der Waals surface area contributed by atoms with Gasteiger partial charge in [0.25, 0.3) is 11.6 Å². The van der Waals surface area contributed by atoms with Gasteiger partial charge in [0.05, 0.1) is 22.4 Å². The molecule has 1 fully saturated rings. The maximum Gasteiger partial charge on any atom is 0.273 e. The van der Waals surface area contributed by atoms with E-state index in [1.807, 2.05) is 6.92 Å². The molecular weight excluding hydrogens is 398 g/mol. The number of piperazine rings is 1. The van der Waals surface area contributed by atoms with E-state index in [9.17, 15) is 14.9 Å². The van der Waals surface area contributed by atoms with Crippen molar-refractivity contribution in [3.63, 3.8) is 0 Å². The molecule has 0 N–H and O–H groups in total. The Balaban J connectivity index is 1.31. The number of ether oxygens (including phenoxy) is 1. The molecule has 1 aliphatic heterocycles. The van der Waals surface area contributed by atoms with Gasteiger partial charge in [-0.15, -0.1) is 0 Å². The highest BCUT2D eigenvalue weighted by atomic mass is 16.6. The van der Waals surface area contributed by atoms with Crippen LogP contribution in [0.3, 0.4) is 0 Å². The van der Waals surface area contributed by atoms with Gasteiger partial charge in [-0.05, 0) is 37.6 Å². The Kier molecular flexibility index (Phi) is 5.85.